The number of aryl methyl sites for hydroxylation is 2. The van der Waals surface area contributed by atoms with E-state index >= 15 is 0 Å². The normalized spacial score (nSPS) is 20.5. The topological polar surface area (TPSA) is 79.9 Å². The van der Waals surface area contributed by atoms with Gasteiger partial charge in [0, 0.05) is 18.7 Å². The molecule has 0 unspecified atom stereocenters. The number of fused-ring (bicyclic) bond motifs is 1. The Morgan fingerprint density at radius 2 is 1.93 bits per heavy atom. The standard InChI is InChI=1S/C22H25N3O4/c1-14-7-8-17(9-15(14)2)25-12-16(10-21(25)26)24-22(27)23-11-18-13-28-19-5-3-4-6-20(19)29-18/h3-9,16,18H,10-13H2,1-2H3,(H2,23,24,27)/t16-,18+/m1/s1. The Balaban J connectivity index is 1.27. The number of para-hydroxylation sites is 2. The summed E-state index contributed by atoms with van der Waals surface area (Å²) in [5.74, 6) is 1.40. The van der Waals surface area contributed by atoms with E-state index in [2.05, 4.69) is 10.6 Å². The lowest BCUT2D eigenvalue weighted by atomic mass is 10.1. The molecular formula is C22H25N3O4. The Hall–Kier alpha value is -3.22. The van der Waals surface area contributed by atoms with Crippen molar-refractivity contribution in [2.45, 2.75) is 32.4 Å². The molecule has 2 aliphatic rings. The van der Waals surface area contributed by atoms with Gasteiger partial charge in [-0.25, -0.2) is 4.79 Å². The van der Waals surface area contributed by atoms with Gasteiger partial charge in [0.05, 0.1) is 12.6 Å². The number of hydrogen-bond acceptors (Lipinski definition) is 4. The number of amides is 3. The maximum Gasteiger partial charge on any atom is 0.315 e. The molecule has 2 aliphatic heterocycles. The molecule has 7 heteroatoms. The van der Waals surface area contributed by atoms with Gasteiger partial charge in [0.1, 0.15) is 6.61 Å². The summed E-state index contributed by atoms with van der Waals surface area (Å²) in [6.07, 6.45) is 0.0319. The zero-order valence-electron chi connectivity index (χ0n) is 16.6. The molecule has 2 atom stereocenters. The van der Waals surface area contributed by atoms with Crippen LogP contribution in [0.1, 0.15) is 17.5 Å². The highest BCUT2D eigenvalue weighted by Crippen LogP contribution is 2.30. The highest BCUT2D eigenvalue weighted by molar-refractivity contribution is 5.96. The van der Waals surface area contributed by atoms with Crippen molar-refractivity contribution in [3.8, 4) is 11.5 Å². The molecule has 152 valence electrons. The molecule has 0 aliphatic carbocycles. The monoisotopic (exact) mass is 395 g/mol. The molecule has 2 N–H and O–H groups in total. The quantitative estimate of drug-likeness (QED) is 0.834. The van der Waals surface area contributed by atoms with Gasteiger partial charge in [-0.3, -0.25) is 4.79 Å². The Bertz CT molecular complexity index is 930. The molecule has 0 spiro atoms. The number of nitrogens with one attached hydrogen (secondary N) is 2. The van der Waals surface area contributed by atoms with E-state index in [1.807, 2.05) is 56.3 Å². The number of anilines is 1. The van der Waals surface area contributed by atoms with Crippen LogP contribution < -0.4 is 25.0 Å². The first kappa shape index (κ1) is 19.1. The first-order valence-electron chi connectivity index (χ1n) is 9.80. The number of carbonyl (C=O) groups is 2. The van der Waals surface area contributed by atoms with Gasteiger partial charge in [0.15, 0.2) is 17.6 Å². The van der Waals surface area contributed by atoms with Gasteiger partial charge in [0.25, 0.3) is 0 Å². The predicted octanol–water partition coefficient (Wildman–Crippen LogP) is 2.55. The molecule has 1 fully saturated rings. The summed E-state index contributed by atoms with van der Waals surface area (Å²) < 4.78 is 11.5. The number of ether oxygens (including phenoxy) is 2. The Labute approximate surface area is 170 Å². The smallest absolute Gasteiger partial charge is 0.315 e. The average Bonchev–Trinajstić information content (AvgIpc) is 3.08. The Morgan fingerprint density at radius 1 is 1.14 bits per heavy atom. The third kappa shape index (κ3) is 4.29. The summed E-state index contributed by atoms with van der Waals surface area (Å²) in [7, 11) is 0. The highest BCUT2D eigenvalue weighted by Gasteiger charge is 2.32. The lowest BCUT2D eigenvalue weighted by Crippen LogP contribution is -2.47. The van der Waals surface area contributed by atoms with E-state index < -0.39 is 0 Å². The summed E-state index contributed by atoms with van der Waals surface area (Å²) >= 11 is 0. The van der Waals surface area contributed by atoms with Gasteiger partial charge in [0.2, 0.25) is 5.91 Å². The van der Waals surface area contributed by atoms with Crippen molar-refractivity contribution in [2.24, 2.45) is 0 Å². The van der Waals surface area contributed by atoms with Gasteiger partial charge < -0.3 is 25.0 Å². The number of nitrogens with zero attached hydrogens (tertiary/aromatic N) is 1. The SMILES string of the molecule is Cc1ccc(N2C[C@H](NC(=O)NC[C@H]3COc4ccccc4O3)CC2=O)cc1C. The second-order valence-electron chi connectivity index (χ2n) is 7.53. The molecule has 0 bridgehead atoms. The lowest BCUT2D eigenvalue weighted by Gasteiger charge is -2.26. The van der Waals surface area contributed by atoms with Crippen LogP contribution in [0.2, 0.25) is 0 Å². The zero-order chi connectivity index (χ0) is 20.4. The molecule has 3 amide bonds. The summed E-state index contributed by atoms with van der Waals surface area (Å²) in [5, 5.41) is 5.70. The molecule has 2 heterocycles. The molecule has 2 aromatic carbocycles. The van der Waals surface area contributed by atoms with Crippen molar-refractivity contribution >= 4 is 17.6 Å². The third-order valence-electron chi connectivity index (χ3n) is 5.32. The van der Waals surface area contributed by atoms with Crippen LogP contribution in [-0.2, 0) is 4.79 Å². The zero-order valence-corrected chi connectivity index (χ0v) is 16.6. The van der Waals surface area contributed by atoms with Crippen LogP contribution in [0, 0.1) is 13.8 Å². The van der Waals surface area contributed by atoms with Crippen LogP contribution in [-0.4, -0.2) is 43.8 Å². The number of hydrogen-bond donors (Lipinski definition) is 2. The van der Waals surface area contributed by atoms with E-state index in [1.54, 1.807) is 4.90 Å². The van der Waals surface area contributed by atoms with Crippen molar-refractivity contribution in [3.05, 3.63) is 53.6 Å². The van der Waals surface area contributed by atoms with Crippen molar-refractivity contribution in [3.63, 3.8) is 0 Å². The molecule has 7 nitrogen and oxygen atoms in total. The third-order valence-corrected chi connectivity index (χ3v) is 5.32. The maximum absolute atomic E-state index is 12.4. The molecule has 4 rings (SSSR count). The number of carbonyl (C=O) groups excluding carboxylic acids is 2. The summed E-state index contributed by atoms with van der Waals surface area (Å²) in [5.41, 5.74) is 3.20. The van der Waals surface area contributed by atoms with E-state index in [0.29, 0.717) is 31.2 Å². The van der Waals surface area contributed by atoms with Gasteiger partial charge in [-0.1, -0.05) is 18.2 Å². The van der Waals surface area contributed by atoms with Crippen LogP contribution in [0.4, 0.5) is 10.5 Å². The van der Waals surface area contributed by atoms with E-state index in [9.17, 15) is 9.59 Å². The minimum Gasteiger partial charge on any atom is -0.486 e. The number of rotatable bonds is 4. The molecule has 1 saturated heterocycles. The average molecular weight is 395 g/mol. The second-order valence-corrected chi connectivity index (χ2v) is 7.53. The second kappa shape index (κ2) is 8.03. The Kier molecular flexibility index (Phi) is 5.29. The highest BCUT2D eigenvalue weighted by atomic mass is 16.6. The maximum atomic E-state index is 12.4. The molecule has 29 heavy (non-hydrogen) atoms. The van der Waals surface area contributed by atoms with Crippen LogP contribution in [0.5, 0.6) is 11.5 Å². The fourth-order valence-electron chi connectivity index (χ4n) is 3.55. The molecule has 0 saturated carbocycles. The predicted molar refractivity (Wildman–Crippen MR) is 110 cm³/mol. The van der Waals surface area contributed by atoms with Crippen LogP contribution in [0.3, 0.4) is 0 Å². The van der Waals surface area contributed by atoms with Crippen molar-refractivity contribution < 1.29 is 19.1 Å². The number of benzene rings is 2. The summed E-state index contributed by atoms with van der Waals surface area (Å²) in [6, 6.07) is 12.9. The van der Waals surface area contributed by atoms with Crippen molar-refractivity contribution in [1.29, 1.82) is 0 Å². The lowest BCUT2D eigenvalue weighted by molar-refractivity contribution is -0.117. The molecule has 2 aromatic rings. The van der Waals surface area contributed by atoms with E-state index in [-0.39, 0.29) is 30.5 Å². The summed E-state index contributed by atoms with van der Waals surface area (Å²) in [6.45, 7) is 5.23. The first-order chi connectivity index (χ1) is 14.0. The van der Waals surface area contributed by atoms with Crippen LogP contribution in [0.25, 0.3) is 0 Å². The summed E-state index contributed by atoms with van der Waals surface area (Å²) in [4.78, 5) is 26.4. The van der Waals surface area contributed by atoms with Gasteiger partial charge in [-0.05, 0) is 49.2 Å². The van der Waals surface area contributed by atoms with Crippen LogP contribution in [0.15, 0.2) is 42.5 Å². The first-order valence-corrected chi connectivity index (χ1v) is 9.80. The van der Waals surface area contributed by atoms with E-state index in [1.165, 1.54) is 5.56 Å². The van der Waals surface area contributed by atoms with E-state index in [4.69, 9.17) is 9.47 Å². The van der Waals surface area contributed by atoms with Gasteiger partial charge >= 0.3 is 6.03 Å². The number of urea groups is 1. The van der Waals surface area contributed by atoms with E-state index in [0.717, 1.165) is 11.3 Å². The molecule has 0 radical (unpaired) electrons. The van der Waals surface area contributed by atoms with Crippen molar-refractivity contribution in [2.75, 3.05) is 24.6 Å². The largest absolute Gasteiger partial charge is 0.486 e. The molecular weight excluding hydrogens is 370 g/mol. The fourth-order valence-corrected chi connectivity index (χ4v) is 3.55. The fraction of sp³-hybridized carbons (Fsp3) is 0.364. The minimum absolute atomic E-state index is 0.0131. The molecule has 0 aromatic heterocycles. The van der Waals surface area contributed by atoms with Crippen LogP contribution >= 0.6 is 0 Å². The minimum atomic E-state index is -0.313. The van der Waals surface area contributed by atoms with Crippen molar-refractivity contribution in [1.82, 2.24) is 10.6 Å². The van der Waals surface area contributed by atoms with Gasteiger partial charge in [-0.15, -0.1) is 0 Å². The Morgan fingerprint density at radius 3 is 2.72 bits per heavy atom. The van der Waals surface area contributed by atoms with Gasteiger partial charge in [-0.2, -0.15) is 0 Å².